The quantitative estimate of drug-likeness (QED) is 0.174. The molecule has 0 radical (unpaired) electrons. The second-order valence-electron chi connectivity index (χ2n) is 16.5. The summed E-state index contributed by atoms with van der Waals surface area (Å²) in [6.45, 7) is 4.71. The Kier molecular flexibility index (Phi) is 7.79. The van der Waals surface area contributed by atoms with Crippen molar-refractivity contribution in [2.45, 2.75) is 19.3 Å². The molecule has 0 fully saturated rings. The molecule has 0 saturated carbocycles. The van der Waals surface area contributed by atoms with Crippen molar-refractivity contribution in [3.8, 4) is 67.3 Å². The summed E-state index contributed by atoms with van der Waals surface area (Å²) in [4.78, 5) is 10.5. The number of nitrogens with zero attached hydrogens (tertiary/aromatic N) is 2. The molecule has 3 heteroatoms. The summed E-state index contributed by atoms with van der Waals surface area (Å²) in [5.74, 6) is 0.718. The molecule has 60 heavy (non-hydrogen) atoms. The molecule has 0 bridgehead atoms. The Morgan fingerprint density at radius 2 is 0.967 bits per heavy atom. The Hall–Kier alpha value is -7.20. The van der Waals surface area contributed by atoms with Crippen molar-refractivity contribution in [2.24, 2.45) is 0 Å². The first-order chi connectivity index (χ1) is 29.5. The largest absolute Gasteiger partial charge is 0.228 e. The van der Waals surface area contributed by atoms with E-state index in [-0.39, 0.29) is 5.41 Å². The van der Waals surface area contributed by atoms with Gasteiger partial charge in [-0.05, 0) is 102 Å². The summed E-state index contributed by atoms with van der Waals surface area (Å²) in [5, 5.41) is 7.44. The van der Waals surface area contributed by atoms with Crippen LogP contribution in [0, 0.1) is 0 Å². The molecule has 282 valence electrons. The number of thiophene rings is 1. The normalized spacial score (nSPS) is 13.0. The second-order valence-corrected chi connectivity index (χ2v) is 17.6. The molecular formula is C57H38N2S. The highest BCUT2D eigenvalue weighted by Gasteiger charge is 2.35. The van der Waals surface area contributed by atoms with Gasteiger partial charge in [-0.15, -0.1) is 11.3 Å². The van der Waals surface area contributed by atoms with Crippen molar-refractivity contribution in [1.29, 1.82) is 0 Å². The lowest BCUT2D eigenvalue weighted by molar-refractivity contribution is 0.661. The standard InChI is InChI=1S/C57H38N2S/c1-57(2)49-30-27-40(32-47(49)48-31-38-15-6-7-16-39(38)33-50(48)57)35-23-25-36(26-24-35)41-28-29-44(43-18-9-8-17-42(41)43)51-34-52(59-56(58-51)37-13-4-3-5-14-37)45-20-12-22-54-55(45)46-19-10-11-21-53(46)60-54/h3-34H,1-2H3. The minimum absolute atomic E-state index is 0.0479. The van der Waals surface area contributed by atoms with Gasteiger partial charge < -0.3 is 0 Å². The van der Waals surface area contributed by atoms with Crippen LogP contribution in [-0.2, 0) is 5.41 Å². The first kappa shape index (κ1) is 34.8. The Morgan fingerprint density at radius 3 is 1.77 bits per heavy atom. The third kappa shape index (κ3) is 5.47. The first-order valence-corrected chi connectivity index (χ1v) is 21.5. The Labute approximate surface area is 353 Å². The van der Waals surface area contributed by atoms with Crippen molar-refractivity contribution in [3.05, 3.63) is 205 Å². The third-order valence-corrected chi connectivity index (χ3v) is 13.8. The highest BCUT2D eigenvalue weighted by Crippen LogP contribution is 2.51. The van der Waals surface area contributed by atoms with Crippen LogP contribution in [0.5, 0.6) is 0 Å². The molecule has 2 aromatic heterocycles. The van der Waals surface area contributed by atoms with E-state index < -0.39 is 0 Å². The lowest BCUT2D eigenvalue weighted by atomic mass is 9.81. The van der Waals surface area contributed by atoms with E-state index in [9.17, 15) is 0 Å². The summed E-state index contributed by atoms with van der Waals surface area (Å²) < 4.78 is 2.54. The van der Waals surface area contributed by atoms with Gasteiger partial charge in [0, 0.05) is 42.3 Å². The number of fused-ring (bicyclic) bond motifs is 8. The summed E-state index contributed by atoms with van der Waals surface area (Å²) in [6, 6.07) is 70.7. The summed E-state index contributed by atoms with van der Waals surface area (Å²) in [6.07, 6.45) is 0. The average Bonchev–Trinajstić information content (AvgIpc) is 3.79. The maximum Gasteiger partial charge on any atom is 0.160 e. The van der Waals surface area contributed by atoms with Crippen molar-refractivity contribution in [3.63, 3.8) is 0 Å². The molecule has 0 spiro atoms. The predicted octanol–water partition coefficient (Wildman–Crippen LogP) is 15.8. The van der Waals surface area contributed by atoms with Crippen LogP contribution in [0.4, 0.5) is 0 Å². The van der Waals surface area contributed by atoms with Gasteiger partial charge >= 0.3 is 0 Å². The van der Waals surface area contributed by atoms with E-state index in [1.54, 1.807) is 0 Å². The molecule has 0 amide bonds. The van der Waals surface area contributed by atoms with Gasteiger partial charge in [-0.2, -0.15) is 0 Å². The smallest absolute Gasteiger partial charge is 0.160 e. The average molecular weight is 783 g/mol. The van der Waals surface area contributed by atoms with E-state index >= 15 is 0 Å². The molecule has 0 saturated heterocycles. The van der Waals surface area contributed by atoms with Crippen LogP contribution < -0.4 is 0 Å². The van der Waals surface area contributed by atoms with E-state index in [0.29, 0.717) is 0 Å². The zero-order valence-corrected chi connectivity index (χ0v) is 34.1. The van der Waals surface area contributed by atoms with E-state index in [0.717, 1.165) is 39.3 Å². The predicted molar refractivity (Wildman–Crippen MR) is 255 cm³/mol. The minimum Gasteiger partial charge on any atom is -0.228 e. The number of aromatic nitrogens is 2. The molecule has 2 nitrogen and oxygen atoms in total. The van der Waals surface area contributed by atoms with Gasteiger partial charge in [0.15, 0.2) is 5.82 Å². The van der Waals surface area contributed by atoms with Crippen LogP contribution >= 0.6 is 11.3 Å². The summed E-state index contributed by atoms with van der Waals surface area (Å²) in [7, 11) is 0. The van der Waals surface area contributed by atoms with Crippen LogP contribution in [0.2, 0.25) is 0 Å². The van der Waals surface area contributed by atoms with Gasteiger partial charge in [-0.3, -0.25) is 0 Å². The minimum atomic E-state index is -0.0479. The van der Waals surface area contributed by atoms with Gasteiger partial charge in [0.25, 0.3) is 0 Å². The fraction of sp³-hybridized carbons (Fsp3) is 0.0526. The van der Waals surface area contributed by atoms with Crippen molar-refractivity contribution < 1.29 is 0 Å². The third-order valence-electron chi connectivity index (χ3n) is 12.7. The fourth-order valence-electron chi connectivity index (χ4n) is 9.66. The highest BCUT2D eigenvalue weighted by molar-refractivity contribution is 7.25. The van der Waals surface area contributed by atoms with Crippen LogP contribution in [0.1, 0.15) is 25.0 Å². The monoisotopic (exact) mass is 782 g/mol. The molecule has 2 heterocycles. The SMILES string of the molecule is CC1(C)c2ccc(-c3ccc(-c4ccc(-c5cc(-c6cccc7sc8ccccc8c67)nc(-c6ccccc6)n5)c5ccccc45)cc3)cc2-c2cc3ccccc3cc21. The summed E-state index contributed by atoms with van der Waals surface area (Å²) in [5.41, 5.74) is 15.3. The zero-order valence-electron chi connectivity index (χ0n) is 33.3. The second kappa shape index (κ2) is 13.4. The van der Waals surface area contributed by atoms with E-state index in [2.05, 4.69) is 202 Å². The summed E-state index contributed by atoms with van der Waals surface area (Å²) >= 11 is 1.83. The molecule has 11 aromatic rings. The lowest BCUT2D eigenvalue weighted by Crippen LogP contribution is -2.14. The van der Waals surface area contributed by atoms with Crippen molar-refractivity contribution >= 4 is 53.1 Å². The van der Waals surface area contributed by atoms with Crippen LogP contribution in [-0.4, -0.2) is 9.97 Å². The van der Waals surface area contributed by atoms with Gasteiger partial charge in [-0.25, -0.2) is 9.97 Å². The van der Waals surface area contributed by atoms with E-state index in [4.69, 9.17) is 9.97 Å². The maximum absolute atomic E-state index is 5.28. The molecular weight excluding hydrogens is 745 g/mol. The molecule has 0 unspecified atom stereocenters. The Morgan fingerprint density at radius 1 is 0.367 bits per heavy atom. The van der Waals surface area contributed by atoms with Crippen LogP contribution in [0.15, 0.2) is 194 Å². The van der Waals surface area contributed by atoms with Crippen LogP contribution in [0.3, 0.4) is 0 Å². The number of rotatable bonds is 5. The molecule has 0 atom stereocenters. The number of hydrogen-bond donors (Lipinski definition) is 0. The van der Waals surface area contributed by atoms with Gasteiger partial charge in [0.05, 0.1) is 11.4 Å². The van der Waals surface area contributed by atoms with Crippen LogP contribution in [0.25, 0.3) is 109 Å². The molecule has 1 aliphatic rings. The Balaban J connectivity index is 0.953. The lowest BCUT2D eigenvalue weighted by Gasteiger charge is -2.22. The van der Waals surface area contributed by atoms with Gasteiger partial charge in [-0.1, -0.05) is 172 Å². The van der Waals surface area contributed by atoms with Gasteiger partial charge in [0.1, 0.15) is 0 Å². The molecule has 12 rings (SSSR count). The molecule has 0 N–H and O–H groups in total. The molecule has 0 aliphatic heterocycles. The maximum atomic E-state index is 5.28. The van der Waals surface area contributed by atoms with Crippen molar-refractivity contribution in [1.82, 2.24) is 9.97 Å². The van der Waals surface area contributed by atoms with Gasteiger partial charge in [0.2, 0.25) is 0 Å². The number of benzene rings is 9. The zero-order chi connectivity index (χ0) is 40.0. The molecule has 1 aliphatic carbocycles. The topological polar surface area (TPSA) is 25.8 Å². The first-order valence-electron chi connectivity index (χ1n) is 20.6. The van der Waals surface area contributed by atoms with E-state index in [1.807, 2.05) is 17.4 Å². The fourth-order valence-corrected chi connectivity index (χ4v) is 10.8. The Bertz CT molecular complexity index is 3500. The van der Waals surface area contributed by atoms with E-state index in [1.165, 1.54) is 80.8 Å². The molecule has 9 aromatic carbocycles. The highest BCUT2D eigenvalue weighted by atomic mass is 32.1. The van der Waals surface area contributed by atoms with Crippen molar-refractivity contribution in [2.75, 3.05) is 0 Å². The number of hydrogen-bond acceptors (Lipinski definition) is 3.